The molecule has 0 aliphatic carbocycles. The molecule has 0 radical (unpaired) electrons. The summed E-state index contributed by atoms with van der Waals surface area (Å²) in [6.07, 6.45) is 0. The Kier molecular flexibility index (Phi) is 45.3. The van der Waals surface area contributed by atoms with Gasteiger partial charge >= 0.3 is 68.5 Å². The van der Waals surface area contributed by atoms with E-state index in [2.05, 4.69) is 72.5 Å². The molecule has 0 fully saturated rings. The van der Waals surface area contributed by atoms with Gasteiger partial charge in [0, 0.05) is 50.3 Å². The van der Waals surface area contributed by atoms with Crippen molar-refractivity contribution in [1.82, 2.24) is 4.90 Å². The Hall–Kier alpha value is -1.27. The average molecular weight is 730 g/mol. The number of methoxy groups -OCH3 is 2. The van der Waals surface area contributed by atoms with Crippen molar-refractivity contribution in [3.8, 4) is 0 Å². The van der Waals surface area contributed by atoms with E-state index in [-0.39, 0.29) is 29.6 Å². The molecule has 0 rings (SSSR count). The molecule has 0 aliphatic heterocycles. The van der Waals surface area contributed by atoms with Gasteiger partial charge in [-0.2, -0.15) is 0 Å². The van der Waals surface area contributed by atoms with Gasteiger partial charge in [-0.1, -0.05) is 47.9 Å². The first-order chi connectivity index (χ1) is 16.3. The van der Waals surface area contributed by atoms with E-state index in [4.69, 9.17) is 32.7 Å². The van der Waals surface area contributed by atoms with Gasteiger partial charge < -0.3 is 14.4 Å². The van der Waals surface area contributed by atoms with Crippen molar-refractivity contribution in [3.63, 3.8) is 0 Å². The van der Waals surface area contributed by atoms with Gasteiger partial charge in [-0.25, -0.2) is 9.59 Å². The van der Waals surface area contributed by atoms with Gasteiger partial charge in [0.2, 0.25) is 0 Å². The number of esters is 2. The molecular weight excluding hydrogens is 693 g/mol. The molecule has 0 saturated heterocycles. The van der Waals surface area contributed by atoms with E-state index in [9.17, 15) is 9.59 Å². The van der Waals surface area contributed by atoms with E-state index in [0.29, 0.717) is 29.0 Å². The number of hydrogen-bond donors (Lipinski definition) is 0. The monoisotopic (exact) mass is 729 g/mol. The van der Waals surface area contributed by atoms with Crippen LogP contribution in [0.15, 0.2) is 11.0 Å². The van der Waals surface area contributed by atoms with Crippen LogP contribution in [-0.4, -0.2) is 65.2 Å². The zero-order chi connectivity index (χ0) is 30.0. The first-order valence-corrected chi connectivity index (χ1v) is 18.0. The van der Waals surface area contributed by atoms with Gasteiger partial charge in [-0.15, -0.1) is 0 Å². The van der Waals surface area contributed by atoms with Crippen molar-refractivity contribution in [2.75, 3.05) is 27.3 Å². The minimum absolute atomic E-state index is 0. The van der Waals surface area contributed by atoms with E-state index in [0.717, 1.165) is 0 Å². The SMILES string of the molecule is CCN(CC)/C(C(=O)OC)=C(/PC([Si](C)(C)C)[Si](C)(C)C)C(=O)OC.[C-]#[O+].[C-]#[O+].[C-]#[O+].[C-]#[O+].[C-]#[O+].[W]. The van der Waals surface area contributed by atoms with Crippen molar-refractivity contribution < 1.29 is 63.4 Å². The minimum Gasteiger partial charge on any atom is 0 e. The molecule has 0 bridgehead atoms. The second-order valence-corrected chi connectivity index (χ2v) is 21.9. The summed E-state index contributed by atoms with van der Waals surface area (Å²) in [6.45, 7) is 41.8. The largest absolute Gasteiger partial charge is 0 e. The predicted octanol–water partition coefficient (Wildman–Crippen LogP) is 3.50. The molecule has 0 saturated carbocycles. The molecule has 0 amide bonds. The summed E-state index contributed by atoms with van der Waals surface area (Å²) >= 11 is 0. The zero-order valence-corrected chi connectivity index (χ0v) is 28.5. The topological polar surface area (TPSA) is 155 Å². The first kappa shape index (κ1) is 51.4. The Morgan fingerprint density at radius 3 is 1.19 bits per heavy atom. The van der Waals surface area contributed by atoms with Crippen molar-refractivity contribution in [2.24, 2.45) is 0 Å². The maximum atomic E-state index is 12.6. The first-order valence-electron chi connectivity index (χ1n) is 9.79. The number of ether oxygens (including phenoxy) is 2. The second-order valence-electron chi connectivity index (χ2n) is 8.19. The van der Waals surface area contributed by atoms with Crippen molar-refractivity contribution in [2.45, 2.75) is 58.0 Å². The standard InChI is InChI=1S/C17H36NO4PSi2.5CO.W/c1-11-18(12-2)13(15(19)21-3)14(16(20)22-4)23-17(24(5,6)7)25(8,9)10;5*1-2;/h17,23H,11-12H2,1-10H3;;;;;;/b14-13+;;;;;;. The summed E-state index contributed by atoms with van der Waals surface area (Å²) in [6, 6.07) is 0. The third kappa shape index (κ3) is 22.0. The molecule has 10 nitrogen and oxygen atoms in total. The molecular formula is C22H36NO9PSi2W. The van der Waals surface area contributed by atoms with Crippen LogP contribution in [0.4, 0.5) is 0 Å². The zero-order valence-electron chi connectivity index (χ0n) is 22.5. The third-order valence-electron chi connectivity index (χ3n) is 4.11. The minimum atomic E-state index is -1.53. The summed E-state index contributed by atoms with van der Waals surface area (Å²) in [5, 5.41) is 0.493. The smallest absolute Gasteiger partial charge is 0 e. The molecule has 0 aromatic heterocycles. The van der Waals surface area contributed by atoms with Crippen LogP contribution < -0.4 is 0 Å². The van der Waals surface area contributed by atoms with Crippen LogP contribution in [0.1, 0.15) is 13.8 Å². The Morgan fingerprint density at radius 1 is 0.722 bits per heavy atom. The molecule has 0 aromatic rings. The molecule has 0 aromatic carbocycles. The van der Waals surface area contributed by atoms with E-state index < -0.39 is 28.1 Å². The molecule has 202 valence electrons. The summed E-state index contributed by atoms with van der Waals surface area (Å²) in [4.78, 5) is 27.5. The van der Waals surface area contributed by atoms with Gasteiger partial charge in [-0.3, -0.25) is 0 Å². The van der Waals surface area contributed by atoms with Crippen LogP contribution in [0.5, 0.6) is 0 Å². The molecule has 14 heteroatoms. The fraction of sp³-hybridized carbons (Fsp3) is 0.591. The maximum Gasteiger partial charge on any atom is 0 e. The summed E-state index contributed by atoms with van der Waals surface area (Å²) in [5.74, 6) is -0.867. The molecule has 0 aliphatic rings. The van der Waals surface area contributed by atoms with Gasteiger partial charge in [0.15, 0.2) is 0 Å². The maximum absolute atomic E-state index is 12.6. The van der Waals surface area contributed by atoms with Crippen molar-refractivity contribution in [3.05, 3.63) is 44.3 Å². The van der Waals surface area contributed by atoms with Crippen LogP contribution in [0.2, 0.25) is 39.3 Å². The number of rotatable bonds is 9. The Balaban J connectivity index is -0.000000135. The van der Waals surface area contributed by atoms with E-state index >= 15 is 0 Å². The van der Waals surface area contributed by atoms with E-state index in [1.54, 1.807) is 0 Å². The fourth-order valence-corrected chi connectivity index (χ4v) is 18.9. The quantitative estimate of drug-likeness (QED) is 0.0888. The second kappa shape index (κ2) is 31.8. The van der Waals surface area contributed by atoms with Crippen LogP contribution in [0, 0.1) is 33.3 Å². The molecule has 1 atom stereocenters. The predicted molar refractivity (Wildman–Crippen MR) is 132 cm³/mol. The molecule has 0 heterocycles. The summed E-state index contributed by atoms with van der Waals surface area (Å²) in [7, 11) is -0.0541. The fourth-order valence-electron chi connectivity index (χ4n) is 3.23. The van der Waals surface area contributed by atoms with E-state index in [1.807, 2.05) is 18.7 Å². The summed E-state index contributed by atoms with van der Waals surface area (Å²) in [5.41, 5.74) is 0.374. The van der Waals surface area contributed by atoms with Crippen molar-refractivity contribution in [1.29, 1.82) is 0 Å². The van der Waals surface area contributed by atoms with Gasteiger partial charge in [0.05, 0.1) is 19.5 Å². The average Bonchev–Trinajstić information content (AvgIpc) is 2.87. The van der Waals surface area contributed by atoms with Crippen LogP contribution in [-0.2, 0) is 63.4 Å². The molecule has 0 N–H and O–H groups in total. The van der Waals surface area contributed by atoms with Crippen LogP contribution >= 0.6 is 8.58 Å². The molecule has 1 unspecified atom stereocenters. The van der Waals surface area contributed by atoms with Gasteiger partial charge in [-0.05, 0) is 18.8 Å². The number of likely N-dealkylation sites (N-methyl/N-ethyl adjacent to an activating group) is 1. The van der Waals surface area contributed by atoms with Crippen molar-refractivity contribution >= 4 is 36.7 Å². The van der Waals surface area contributed by atoms with Gasteiger partial charge in [0.1, 0.15) is 5.70 Å². The Morgan fingerprint density at radius 2 is 1.00 bits per heavy atom. The normalized spacial score (nSPS) is 9.92. The van der Waals surface area contributed by atoms with Crippen LogP contribution in [0.25, 0.3) is 0 Å². The van der Waals surface area contributed by atoms with Gasteiger partial charge in [0.25, 0.3) is 0 Å². The molecule has 0 spiro atoms. The number of carbonyl (C=O) groups excluding carboxylic acids is 2. The Bertz CT molecular complexity index is 669. The Labute approximate surface area is 234 Å². The summed E-state index contributed by atoms with van der Waals surface area (Å²) < 4.78 is 47.6. The van der Waals surface area contributed by atoms with Crippen LogP contribution in [0.3, 0.4) is 0 Å². The number of carbonyl (C=O) groups is 2. The van der Waals surface area contributed by atoms with E-state index in [1.165, 1.54) is 14.2 Å². The molecule has 36 heavy (non-hydrogen) atoms. The third-order valence-corrected chi connectivity index (χ3v) is 19.8. The number of hydrogen-bond acceptors (Lipinski definition) is 5. The number of nitrogens with zero attached hydrogens (tertiary/aromatic N) is 1.